The van der Waals surface area contributed by atoms with Gasteiger partial charge in [0.25, 0.3) is 15.9 Å². The summed E-state index contributed by atoms with van der Waals surface area (Å²) in [5.74, 6) is -0.584. The lowest BCUT2D eigenvalue weighted by atomic mass is 9.95. The van der Waals surface area contributed by atoms with Crippen LogP contribution in [0.4, 0.5) is 5.69 Å². The number of para-hydroxylation sites is 1. The summed E-state index contributed by atoms with van der Waals surface area (Å²) in [4.78, 5) is 13.5. The van der Waals surface area contributed by atoms with Gasteiger partial charge in [0.15, 0.2) is 4.91 Å². The summed E-state index contributed by atoms with van der Waals surface area (Å²) in [7, 11) is -4.18. The molecule has 0 saturated carbocycles. The summed E-state index contributed by atoms with van der Waals surface area (Å²) >= 11 is 0. The normalized spacial score (nSPS) is 15.1. The molecule has 0 spiro atoms. The van der Waals surface area contributed by atoms with E-state index in [1.54, 1.807) is 6.07 Å². The summed E-state index contributed by atoms with van der Waals surface area (Å²) in [6, 6.07) is 35.9. The first-order valence-corrected chi connectivity index (χ1v) is 13.7. The Labute approximate surface area is 218 Å². The molecule has 6 heteroatoms. The van der Waals surface area contributed by atoms with Gasteiger partial charge < -0.3 is 5.32 Å². The van der Waals surface area contributed by atoms with Crippen LogP contribution in [0.1, 0.15) is 35.1 Å². The van der Waals surface area contributed by atoms with Crippen molar-refractivity contribution in [2.75, 3.05) is 10.8 Å². The molecule has 1 atom stereocenters. The van der Waals surface area contributed by atoms with E-state index in [4.69, 9.17) is 0 Å². The molecule has 0 aliphatic carbocycles. The molecule has 1 N–H and O–H groups in total. The van der Waals surface area contributed by atoms with Gasteiger partial charge in [-0.25, -0.2) is 8.42 Å². The summed E-state index contributed by atoms with van der Waals surface area (Å²) < 4.78 is 29.8. The molecular weight excluding hydrogens is 480 g/mol. The molecule has 0 radical (unpaired) electrons. The number of anilines is 1. The van der Waals surface area contributed by atoms with Gasteiger partial charge in [0, 0.05) is 17.7 Å². The predicted molar refractivity (Wildman–Crippen MR) is 148 cm³/mol. The molecule has 1 heterocycles. The number of rotatable bonds is 7. The monoisotopic (exact) mass is 508 g/mol. The van der Waals surface area contributed by atoms with Crippen LogP contribution in [0.15, 0.2) is 120 Å². The standard InChI is InChI=1S/C31H28N2O3S/c1-23(25-15-7-3-8-16-25)21-32-31(34)30-29(26-17-9-4-10-18-26)27-19-11-12-20-28(27)33(37(30,35)36)22-24-13-5-2-6-14-24/h2-20,23H,21-22H2,1H3,(H,32,34)/t23-/m1/s1. The van der Waals surface area contributed by atoms with Crippen molar-refractivity contribution < 1.29 is 13.2 Å². The minimum Gasteiger partial charge on any atom is -0.351 e. The molecule has 4 aromatic rings. The van der Waals surface area contributed by atoms with Gasteiger partial charge in [-0.2, -0.15) is 0 Å². The summed E-state index contributed by atoms with van der Waals surface area (Å²) in [6.07, 6.45) is 0. The van der Waals surface area contributed by atoms with Crippen molar-refractivity contribution in [3.05, 3.63) is 142 Å². The van der Waals surface area contributed by atoms with Crippen LogP contribution in [-0.2, 0) is 21.4 Å². The minimum absolute atomic E-state index is 0.0185. The number of nitrogens with zero attached hydrogens (tertiary/aromatic N) is 1. The van der Waals surface area contributed by atoms with E-state index in [1.165, 1.54) is 4.31 Å². The second-order valence-electron chi connectivity index (χ2n) is 9.11. The highest BCUT2D eigenvalue weighted by atomic mass is 32.2. The zero-order valence-corrected chi connectivity index (χ0v) is 21.4. The Morgan fingerprint density at radius 1 is 0.784 bits per heavy atom. The average molecular weight is 509 g/mol. The number of nitrogens with one attached hydrogen (secondary N) is 1. The fourth-order valence-corrected chi connectivity index (χ4v) is 6.41. The number of hydrogen-bond donors (Lipinski definition) is 1. The lowest BCUT2D eigenvalue weighted by Crippen LogP contribution is -2.41. The average Bonchev–Trinajstić information content (AvgIpc) is 2.94. The molecule has 5 rings (SSSR count). The Kier molecular flexibility index (Phi) is 6.93. The van der Waals surface area contributed by atoms with Gasteiger partial charge in [-0.3, -0.25) is 9.10 Å². The van der Waals surface area contributed by atoms with E-state index in [9.17, 15) is 13.2 Å². The topological polar surface area (TPSA) is 66.5 Å². The maximum absolute atomic E-state index is 14.2. The van der Waals surface area contributed by atoms with Crippen molar-refractivity contribution in [3.8, 4) is 0 Å². The van der Waals surface area contributed by atoms with Crippen LogP contribution in [0.5, 0.6) is 0 Å². The Morgan fingerprint density at radius 3 is 2.03 bits per heavy atom. The number of hydrogen-bond acceptors (Lipinski definition) is 3. The van der Waals surface area contributed by atoms with Crippen LogP contribution in [0.3, 0.4) is 0 Å². The van der Waals surface area contributed by atoms with E-state index in [0.717, 1.165) is 11.1 Å². The lowest BCUT2D eigenvalue weighted by Gasteiger charge is -2.33. The van der Waals surface area contributed by atoms with Gasteiger partial charge in [0.2, 0.25) is 0 Å². The fraction of sp³-hybridized carbons (Fsp3) is 0.129. The molecule has 1 aliphatic rings. The van der Waals surface area contributed by atoms with Crippen LogP contribution in [0.2, 0.25) is 0 Å². The van der Waals surface area contributed by atoms with Crippen molar-refractivity contribution in [3.63, 3.8) is 0 Å². The first kappa shape index (κ1) is 24.5. The third-order valence-corrected chi connectivity index (χ3v) is 8.40. The molecule has 4 aromatic carbocycles. The first-order valence-electron chi connectivity index (χ1n) is 12.3. The Hall–Kier alpha value is -4.16. The Balaban J connectivity index is 1.61. The van der Waals surface area contributed by atoms with E-state index in [2.05, 4.69) is 5.32 Å². The molecule has 186 valence electrons. The van der Waals surface area contributed by atoms with Gasteiger partial charge in [-0.05, 0) is 28.7 Å². The van der Waals surface area contributed by atoms with E-state index in [0.29, 0.717) is 28.9 Å². The number of fused-ring (bicyclic) bond motifs is 1. The number of benzene rings is 4. The minimum atomic E-state index is -4.18. The van der Waals surface area contributed by atoms with Gasteiger partial charge in [0.1, 0.15) is 0 Å². The quantitative estimate of drug-likeness (QED) is 0.347. The fourth-order valence-electron chi connectivity index (χ4n) is 4.66. The Morgan fingerprint density at radius 2 is 1.35 bits per heavy atom. The van der Waals surface area contributed by atoms with Crippen molar-refractivity contribution in [2.45, 2.75) is 19.4 Å². The van der Waals surface area contributed by atoms with Crippen LogP contribution < -0.4 is 9.62 Å². The molecule has 0 aromatic heterocycles. The summed E-state index contributed by atoms with van der Waals surface area (Å²) in [5, 5.41) is 2.92. The van der Waals surface area contributed by atoms with Crippen LogP contribution >= 0.6 is 0 Å². The van der Waals surface area contributed by atoms with E-state index < -0.39 is 15.9 Å². The highest BCUT2D eigenvalue weighted by molar-refractivity contribution is 7.97. The van der Waals surface area contributed by atoms with Crippen molar-refractivity contribution >= 4 is 27.2 Å². The second-order valence-corrected chi connectivity index (χ2v) is 10.9. The number of carbonyl (C=O) groups excluding carboxylic acids is 1. The predicted octanol–water partition coefficient (Wildman–Crippen LogP) is 5.72. The zero-order chi connectivity index (χ0) is 25.8. The van der Waals surface area contributed by atoms with Gasteiger partial charge in [0.05, 0.1) is 12.2 Å². The van der Waals surface area contributed by atoms with E-state index in [1.807, 2.05) is 116 Å². The third-order valence-electron chi connectivity index (χ3n) is 6.59. The Bertz CT molecular complexity index is 1530. The van der Waals surface area contributed by atoms with E-state index in [-0.39, 0.29) is 17.4 Å². The van der Waals surface area contributed by atoms with Crippen molar-refractivity contribution in [2.24, 2.45) is 0 Å². The largest absolute Gasteiger partial charge is 0.351 e. The van der Waals surface area contributed by atoms with E-state index >= 15 is 0 Å². The zero-order valence-electron chi connectivity index (χ0n) is 20.5. The second kappa shape index (κ2) is 10.4. The molecular formula is C31H28N2O3S. The molecule has 0 saturated heterocycles. The summed E-state index contributed by atoms with van der Waals surface area (Å²) in [5.41, 5.74) is 4.27. The molecule has 1 amide bonds. The first-order chi connectivity index (χ1) is 18.0. The van der Waals surface area contributed by atoms with Crippen LogP contribution in [-0.4, -0.2) is 20.9 Å². The smallest absolute Gasteiger partial charge is 0.270 e. The van der Waals surface area contributed by atoms with Gasteiger partial charge in [-0.15, -0.1) is 0 Å². The van der Waals surface area contributed by atoms with Gasteiger partial charge in [-0.1, -0.05) is 116 Å². The maximum Gasteiger partial charge on any atom is 0.270 e. The third kappa shape index (κ3) is 4.93. The summed E-state index contributed by atoms with van der Waals surface area (Å²) in [6.45, 7) is 2.44. The lowest BCUT2D eigenvalue weighted by molar-refractivity contribution is -0.116. The van der Waals surface area contributed by atoms with Crippen molar-refractivity contribution in [1.29, 1.82) is 0 Å². The molecule has 0 bridgehead atoms. The molecule has 1 aliphatic heterocycles. The number of sulfonamides is 1. The maximum atomic E-state index is 14.2. The highest BCUT2D eigenvalue weighted by Gasteiger charge is 2.41. The molecule has 0 fully saturated rings. The van der Waals surface area contributed by atoms with Gasteiger partial charge >= 0.3 is 0 Å². The van der Waals surface area contributed by atoms with Crippen LogP contribution in [0, 0.1) is 0 Å². The van der Waals surface area contributed by atoms with Crippen LogP contribution in [0.25, 0.3) is 5.57 Å². The number of amides is 1. The molecule has 0 unspecified atom stereocenters. The SMILES string of the molecule is C[C@H](CNC(=O)C1=C(c2ccccc2)c2ccccc2N(Cc2ccccc2)S1(=O)=O)c1ccccc1. The number of carbonyl (C=O) groups is 1. The van der Waals surface area contributed by atoms with Crippen molar-refractivity contribution in [1.82, 2.24) is 5.32 Å². The molecule has 5 nitrogen and oxygen atoms in total. The molecule has 37 heavy (non-hydrogen) atoms. The highest BCUT2D eigenvalue weighted by Crippen LogP contribution is 2.43.